The second kappa shape index (κ2) is 5.92. The molecule has 2 heterocycles. The van der Waals surface area contributed by atoms with Crippen molar-refractivity contribution >= 4 is 34.8 Å². The minimum absolute atomic E-state index is 0.0178. The van der Waals surface area contributed by atoms with Crippen molar-refractivity contribution in [2.24, 2.45) is 0 Å². The third-order valence-electron chi connectivity index (χ3n) is 2.78. The highest BCUT2D eigenvalue weighted by Crippen LogP contribution is 2.32. The number of carbonyl (C=O) groups is 1. The summed E-state index contributed by atoms with van der Waals surface area (Å²) < 4.78 is 43.5. The Balaban J connectivity index is 2.66. The van der Waals surface area contributed by atoms with Gasteiger partial charge in [0.25, 0.3) is 0 Å². The molecule has 2 rings (SSSR count). The fraction of sp³-hybridized carbons (Fsp3) is 0.417. The number of rotatable bonds is 3. The van der Waals surface area contributed by atoms with Crippen LogP contribution in [0.5, 0.6) is 0 Å². The van der Waals surface area contributed by atoms with Crippen LogP contribution in [0.15, 0.2) is 0 Å². The second-order valence-electron chi connectivity index (χ2n) is 4.38. The molecule has 0 atom stereocenters. The van der Waals surface area contributed by atoms with Crippen LogP contribution in [0.2, 0.25) is 10.3 Å². The van der Waals surface area contributed by atoms with Crippen molar-refractivity contribution in [3.8, 4) is 0 Å². The van der Waals surface area contributed by atoms with E-state index in [4.69, 9.17) is 27.9 Å². The zero-order chi connectivity index (χ0) is 16.7. The first-order valence-electron chi connectivity index (χ1n) is 6.12. The average molecular weight is 356 g/mol. The van der Waals surface area contributed by atoms with Crippen LogP contribution in [0.4, 0.5) is 13.2 Å². The van der Waals surface area contributed by atoms with Gasteiger partial charge in [0, 0.05) is 5.56 Å². The predicted molar refractivity (Wildman–Crippen MR) is 73.5 cm³/mol. The highest BCUT2D eigenvalue weighted by atomic mass is 35.5. The molecule has 0 aliphatic carbocycles. The van der Waals surface area contributed by atoms with Crippen molar-refractivity contribution in [3.63, 3.8) is 0 Å². The summed E-state index contributed by atoms with van der Waals surface area (Å²) in [5, 5.41) is 3.17. The molecule has 2 aromatic rings. The maximum absolute atomic E-state index is 12.6. The Hall–Kier alpha value is -1.54. The fourth-order valence-electron chi connectivity index (χ4n) is 1.92. The molecule has 10 heteroatoms. The first-order chi connectivity index (χ1) is 10.2. The molecule has 0 amide bonds. The quantitative estimate of drug-likeness (QED) is 0.623. The molecule has 0 radical (unpaired) electrons. The van der Waals surface area contributed by atoms with Crippen molar-refractivity contribution in [2.45, 2.75) is 26.4 Å². The summed E-state index contributed by atoms with van der Waals surface area (Å²) in [4.78, 5) is 15.7. The van der Waals surface area contributed by atoms with Gasteiger partial charge in [-0.25, -0.2) is 14.3 Å². The zero-order valence-electron chi connectivity index (χ0n) is 11.5. The number of fused-ring (bicyclic) bond motifs is 1. The third kappa shape index (κ3) is 3.12. The summed E-state index contributed by atoms with van der Waals surface area (Å²) in [5.74, 6) is -0.696. The number of carbonyl (C=O) groups excluding carboxylic acids is 1. The lowest BCUT2D eigenvalue weighted by molar-refractivity contribution is -0.127. The van der Waals surface area contributed by atoms with Crippen LogP contribution in [-0.2, 0) is 11.2 Å². The van der Waals surface area contributed by atoms with E-state index in [2.05, 4.69) is 10.1 Å². The van der Waals surface area contributed by atoms with E-state index < -0.39 is 29.3 Å². The van der Waals surface area contributed by atoms with Gasteiger partial charge in [0.15, 0.2) is 5.65 Å². The maximum atomic E-state index is 12.6. The monoisotopic (exact) mass is 355 g/mol. The van der Waals surface area contributed by atoms with Crippen molar-refractivity contribution in [1.82, 2.24) is 14.6 Å². The number of aryl methyl sites for hydroxylation is 1. The number of ether oxygens (including phenoxy) is 1. The van der Waals surface area contributed by atoms with E-state index in [1.165, 1.54) is 6.92 Å². The summed E-state index contributed by atoms with van der Waals surface area (Å²) in [7, 11) is 0. The summed E-state index contributed by atoms with van der Waals surface area (Å²) in [6.07, 6.45) is -5.85. The van der Waals surface area contributed by atoms with Crippen LogP contribution in [0.25, 0.3) is 5.65 Å². The van der Waals surface area contributed by atoms with Gasteiger partial charge < -0.3 is 4.74 Å². The van der Waals surface area contributed by atoms with E-state index in [-0.39, 0.29) is 28.7 Å². The maximum Gasteiger partial charge on any atom is 0.393 e. The number of aromatic nitrogens is 3. The van der Waals surface area contributed by atoms with E-state index in [1.807, 2.05) is 0 Å². The first kappa shape index (κ1) is 16.8. The van der Waals surface area contributed by atoms with Crippen LogP contribution in [0, 0.1) is 6.92 Å². The van der Waals surface area contributed by atoms with Gasteiger partial charge >= 0.3 is 12.1 Å². The fourth-order valence-corrected chi connectivity index (χ4v) is 2.48. The zero-order valence-corrected chi connectivity index (χ0v) is 13.0. The molecule has 120 valence electrons. The van der Waals surface area contributed by atoms with Crippen molar-refractivity contribution in [2.75, 3.05) is 6.61 Å². The minimum atomic E-state index is -4.51. The highest BCUT2D eigenvalue weighted by molar-refractivity contribution is 6.35. The highest BCUT2D eigenvalue weighted by Gasteiger charge is 2.32. The molecule has 0 fully saturated rings. The average Bonchev–Trinajstić information content (AvgIpc) is 2.70. The lowest BCUT2D eigenvalue weighted by Crippen LogP contribution is -2.14. The van der Waals surface area contributed by atoms with Gasteiger partial charge in [0.2, 0.25) is 0 Å². The van der Waals surface area contributed by atoms with E-state index in [9.17, 15) is 18.0 Å². The Morgan fingerprint density at radius 2 is 2.00 bits per heavy atom. The van der Waals surface area contributed by atoms with Gasteiger partial charge in [-0.2, -0.15) is 18.3 Å². The third-order valence-corrected chi connectivity index (χ3v) is 3.48. The topological polar surface area (TPSA) is 56.5 Å². The van der Waals surface area contributed by atoms with E-state index in [0.29, 0.717) is 0 Å². The van der Waals surface area contributed by atoms with Gasteiger partial charge in [-0.1, -0.05) is 23.2 Å². The largest absolute Gasteiger partial charge is 0.462 e. The molecule has 0 aromatic carbocycles. The van der Waals surface area contributed by atoms with Gasteiger partial charge in [-0.05, 0) is 13.8 Å². The molecule has 0 bridgehead atoms. The Morgan fingerprint density at radius 3 is 2.55 bits per heavy atom. The summed E-state index contributed by atoms with van der Waals surface area (Å²) >= 11 is 11.7. The molecule has 2 aromatic heterocycles. The number of hydrogen-bond donors (Lipinski definition) is 0. The molecule has 22 heavy (non-hydrogen) atoms. The van der Waals surface area contributed by atoms with Crippen LogP contribution < -0.4 is 0 Å². The van der Waals surface area contributed by atoms with Crippen molar-refractivity contribution in [3.05, 3.63) is 27.1 Å². The van der Waals surface area contributed by atoms with E-state index in [1.54, 1.807) is 6.92 Å². The van der Waals surface area contributed by atoms with Crippen molar-refractivity contribution in [1.29, 1.82) is 0 Å². The molecule has 0 saturated carbocycles. The number of alkyl halides is 3. The van der Waals surface area contributed by atoms with Crippen LogP contribution in [-0.4, -0.2) is 33.4 Å². The van der Waals surface area contributed by atoms with Crippen LogP contribution in [0.3, 0.4) is 0 Å². The van der Waals surface area contributed by atoms with Crippen LogP contribution >= 0.6 is 23.2 Å². The number of nitrogens with zero attached hydrogens (tertiary/aromatic N) is 3. The molecule has 5 nitrogen and oxygen atoms in total. The second-order valence-corrected chi connectivity index (χ2v) is 5.10. The first-order valence-corrected chi connectivity index (χ1v) is 6.88. The molecule has 0 unspecified atom stereocenters. The minimum Gasteiger partial charge on any atom is -0.462 e. The smallest absolute Gasteiger partial charge is 0.393 e. The molecule has 0 N–H and O–H groups in total. The lowest BCUT2D eigenvalue weighted by Gasteiger charge is -2.10. The summed E-state index contributed by atoms with van der Waals surface area (Å²) in [6, 6.07) is 0. The van der Waals surface area contributed by atoms with Gasteiger partial charge in [0.1, 0.15) is 15.9 Å². The van der Waals surface area contributed by atoms with E-state index in [0.717, 1.165) is 4.52 Å². The standard InChI is InChI=1S/C12H10Cl2F3N3O2/c1-3-22-11(21)7-5(2)19-20-9(14)6(4-12(15,16)17)8(13)18-10(7)20/h3-4H2,1-2H3. The Labute approximate surface area is 133 Å². The van der Waals surface area contributed by atoms with Crippen LogP contribution in [0.1, 0.15) is 28.5 Å². The Kier molecular flexibility index (Phi) is 4.53. The lowest BCUT2D eigenvalue weighted by atomic mass is 10.2. The van der Waals surface area contributed by atoms with Crippen molar-refractivity contribution < 1.29 is 22.7 Å². The summed E-state index contributed by atoms with van der Waals surface area (Å²) in [6.45, 7) is 3.24. The summed E-state index contributed by atoms with van der Waals surface area (Å²) in [5.41, 5.74) is -0.199. The van der Waals surface area contributed by atoms with E-state index >= 15 is 0 Å². The SMILES string of the molecule is CCOC(=O)c1c(C)nn2c(Cl)c(CC(F)(F)F)c(Cl)nc12. The molecule has 0 spiro atoms. The predicted octanol–water partition coefficient (Wildman–Crippen LogP) is 3.63. The van der Waals surface area contributed by atoms with Gasteiger partial charge in [0.05, 0.1) is 18.7 Å². The number of esters is 1. The number of halogens is 5. The van der Waals surface area contributed by atoms with Gasteiger partial charge in [-0.15, -0.1) is 0 Å². The molecule has 0 aliphatic heterocycles. The molecular weight excluding hydrogens is 346 g/mol. The molecule has 0 saturated heterocycles. The molecular formula is C12H10Cl2F3N3O2. The Bertz CT molecular complexity index is 744. The van der Waals surface area contributed by atoms with Gasteiger partial charge in [-0.3, -0.25) is 0 Å². The normalized spacial score (nSPS) is 12.0. The molecule has 0 aliphatic rings. The Morgan fingerprint density at radius 1 is 1.36 bits per heavy atom. The number of hydrogen-bond acceptors (Lipinski definition) is 4.